The summed E-state index contributed by atoms with van der Waals surface area (Å²) in [6, 6.07) is 11.1. The van der Waals surface area contributed by atoms with Gasteiger partial charge in [-0.2, -0.15) is 0 Å². The second kappa shape index (κ2) is 4.04. The van der Waals surface area contributed by atoms with Crippen LogP contribution >= 0.6 is 0 Å². The Labute approximate surface area is 115 Å². The number of rotatable bonds is 3. The van der Waals surface area contributed by atoms with Crippen LogP contribution in [0.25, 0.3) is 10.9 Å². The predicted octanol–water partition coefficient (Wildman–Crippen LogP) is 3.76. The maximum absolute atomic E-state index is 4.51. The van der Waals surface area contributed by atoms with Crippen molar-refractivity contribution in [2.24, 2.45) is 10.8 Å². The van der Waals surface area contributed by atoms with Gasteiger partial charge in [-0.25, -0.2) is 0 Å². The first-order valence-electron chi connectivity index (χ1n) is 7.00. The van der Waals surface area contributed by atoms with Crippen LogP contribution in [0, 0.1) is 10.8 Å². The molecule has 0 atom stereocenters. The molecule has 0 saturated heterocycles. The van der Waals surface area contributed by atoms with Gasteiger partial charge in [0.2, 0.25) is 0 Å². The van der Waals surface area contributed by atoms with Crippen molar-refractivity contribution < 1.29 is 0 Å². The maximum Gasteiger partial charge on any atom is 0.0746 e. The molecule has 0 radical (unpaired) electrons. The number of para-hydroxylation sites is 1. The van der Waals surface area contributed by atoms with Gasteiger partial charge in [0.1, 0.15) is 0 Å². The summed E-state index contributed by atoms with van der Waals surface area (Å²) < 4.78 is 0. The number of nitrogens with zero attached hydrogens (tertiary/aromatic N) is 1. The fraction of sp³-hybridized carbons (Fsp3) is 0.471. The van der Waals surface area contributed by atoms with E-state index in [9.17, 15) is 0 Å². The minimum absolute atomic E-state index is 0.380. The Morgan fingerprint density at radius 1 is 1.05 bits per heavy atom. The highest BCUT2D eigenvalue weighted by atomic mass is 15.0. The number of benzene rings is 1. The van der Waals surface area contributed by atoms with E-state index in [1.54, 1.807) is 0 Å². The number of aromatic nitrogens is 1. The molecule has 100 valence electrons. The average Bonchev–Trinajstić information content (AvgIpc) is 2.77. The van der Waals surface area contributed by atoms with Crippen LogP contribution in [-0.2, 0) is 6.54 Å². The molecule has 1 fully saturated rings. The van der Waals surface area contributed by atoms with Crippen molar-refractivity contribution in [2.75, 3.05) is 0 Å². The van der Waals surface area contributed by atoms with Crippen LogP contribution in [0.1, 0.15) is 33.3 Å². The number of hydrogen-bond acceptors (Lipinski definition) is 2. The zero-order valence-electron chi connectivity index (χ0n) is 12.2. The number of pyridine rings is 1. The average molecular weight is 254 g/mol. The van der Waals surface area contributed by atoms with E-state index in [1.165, 1.54) is 10.9 Å². The molecule has 0 spiro atoms. The highest BCUT2D eigenvalue weighted by molar-refractivity contribution is 5.81. The smallest absolute Gasteiger partial charge is 0.0746 e. The van der Waals surface area contributed by atoms with E-state index < -0.39 is 0 Å². The first kappa shape index (κ1) is 12.6. The SMILES string of the molecule is CC1(C)C(NCc2cccc3cccnc23)C1(C)C. The standard InChI is InChI=1S/C17H22N2/c1-16(2)15(17(16,3)4)19-11-13-8-5-7-12-9-6-10-18-14(12)13/h5-10,15,19H,11H2,1-4H3. The van der Waals surface area contributed by atoms with Crippen LogP contribution in [0.4, 0.5) is 0 Å². The second-order valence-corrected chi connectivity index (χ2v) is 6.75. The molecule has 3 rings (SSSR count). The number of fused-ring (bicyclic) bond motifs is 1. The lowest BCUT2D eigenvalue weighted by molar-refractivity contribution is 0.457. The molecule has 1 aromatic heterocycles. The molecule has 1 aliphatic carbocycles. The fourth-order valence-corrected chi connectivity index (χ4v) is 3.23. The molecule has 0 aliphatic heterocycles. The van der Waals surface area contributed by atoms with Crippen molar-refractivity contribution in [3.63, 3.8) is 0 Å². The van der Waals surface area contributed by atoms with Crippen molar-refractivity contribution in [2.45, 2.75) is 40.3 Å². The van der Waals surface area contributed by atoms with E-state index in [1.807, 2.05) is 12.3 Å². The summed E-state index contributed by atoms with van der Waals surface area (Å²) >= 11 is 0. The monoisotopic (exact) mass is 254 g/mol. The fourth-order valence-electron chi connectivity index (χ4n) is 3.23. The van der Waals surface area contributed by atoms with E-state index >= 15 is 0 Å². The highest BCUT2D eigenvalue weighted by Gasteiger charge is 2.64. The Morgan fingerprint density at radius 2 is 1.74 bits per heavy atom. The van der Waals surface area contributed by atoms with Crippen LogP contribution in [0.5, 0.6) is 0 Å². The maximum atomic E-state index is 4.51. The zero-order chi connectivity index (χ0) is 13.7. The summed E-state index contributed by atoms with van der Waals surface area (Å²) in [5, 5.41) is 4.92. The van der Waals surface area contributed by atoms with Gasteiger partial charge in [-0.1, -0.05) is 52.0 Å². The molecule has 2 nitrogen and oxygen atoms in total. The predicted molar refractivity (Wildman–Crippen MR) is 79.9 cm³/mol. The Bertz CT molecular complexity index is 594. The summed E-state index contributed by atoms with van der Waals surface area (Å²) in [5.74, 6) is 0. The molecule has 1 aliphatic rings. The van der Waals surface area contributed by atoms with E-state index in [0.717, 1.165) is 12.1 Å². The number of hydrogen-bond donors (Lipinski definition) is 1. The van der Waals surface area contributed by atoms with Crippen LogP contribution < -0.4 is 5.32 Å². The van der Waals surface area contributed by atoms with Crippen LogP contribution in [-0.4, -0.2) is 11.0 Å². The van der Waals surface area contributed by atoms with E-state index in [2.05, 4.69) is 62.3 Å². The highest BCUT2D eigenvalue weighted by Crippen LogP contribution is 2.62. The molecule has 1 N–H and O–H groups in total. The Balaban J connectivity index is 1.81. The minimum atomic E-state index is 0.380. The first-order valence-corrected chi connectivity index (χ1v) is 7.00. The van der Waals surface area contributed by atoms with Gasteiger partial charge in [0.25, 0.3) is 0 Å². The summed E-state index contributed by atoms with van der Waals surface area (Å²) in [6.45, 7) is 10.3. The molecule has 19 heavy (non-hydrogen) atoms. The lowest BCUT2D eigenvalue weighted by Crippen LogP contribution is -2.21. The van der Waals surface area contributed by atoms with Crippen molar-refractivity contribution in [3.8, 4) is 0 Å². The third-order valence-corrected chi connectivity index (χ3v) is 5.23. The molecule has 2 aromatic rings. The minimum Gasteiger partial charge on any atom is -0.309 e. The van der Waals surface area contributed by atoms with Gasteiger partial charge in [0.05, 0.1) is 5.52 Å². The third kappa shape index (κ3) is 1.86. The molecular weight excluding hydrogens is 232 g/mol. The van der Waals surface area contributed by atoms with Crippen molar-refractivity contribution in [3.05, 3.63) is 42.1 Å². The Morgan fingerprint density at radius 3 is 2.42 bits per heavy atom. The van der Waals surface area contributed by atoms with Gasteiger partial charge in [-0.05, 0) is 22.5 Å². The molecule has 0 unspecified atom stereocenters. The van der Waals surface area contributed by atoms with E-state index in [0.29, 0.717) is 16.9 Å². The molecule has 1 aromatic carbocycles. The summed E-state index contributed by atoms with van der Waals surface area (Å²) in [4.78, 5) is 4.51. The van der Waals surface area contributed by atoms with Gasteiger partial charge >= 0.3 is 0 Å². The lowest BCUT2D eigenvalue weighted by atomic mass is 10.0. The largest absolute Gasteiger partial charge is 0.309 e. The second-order valence-electron chi connectivity index (χ2n) is 6.75. The topological polar surface area (TPSA) is 24.9 Å². The van der Waals surface area contributed by atoms with Crippen molar-refractivity contribution in [1.29, 1.82) is 0 Å². The normalized spacial score (nSPS) is 20.6. The lowest BCUT2D eigenvalue weighted by Gasteiger charge is -2.09. The molecule has 0 amide bonds. The van der Waals surface area contributed by atoms with Gasteiger partial charge in [0.15, 0.2) is 0 Å². The summed E-state index contributed by atoms with van der Waals surface area (Å²) in [6.07, 6.45) is 1.87. The van der Waals surface area contributed by atoms with E-state index in [4.69, 9.17) is 0 Å². The Hall–Kier alpha value is -1.41. The molecule has 1 heterocycles. The molecule has 2 heteroatoms. The summed E-state index contributed by atoms with van der Waals surface area (Å²) in [7, 11) is 0. The van der Waals surface area contributed by atoms with Gasteiger partial charge in [0, 0.05) is 24.2 Å². The third-order valence-electron chi connectivity index (χ3n) is 5.23. The van der Waals surface area contributed by atoms with Crippen molar-refractivity contribution >= 4 is 10.9 Å². The van der Waals surface area contributed by atoms with Crippen LogP contribution in [0.15, 0.2) is 36.5 Å². The molecule has 1 saturated carbocycles. The van der Waals surface area contributed by atoms with Crippen LogP contribution in [0.3, 0.4) is 0 Å². The van der Waals surface area contributed by atoms with Gasteiger partial charge in [-0.3, -0.25) is 4.98 Å². The Kier molecular flexibility index (Phi) is 2.68. The zero-order valence-corrected chi connectivity index (χ0v) is 12.2. The van der Waals surface area contributed by atoms with Gasteiger partial charge in [-0.15, -0.1) is 0 Å². The first-order chi connectivity index (χ1) is 8.94. The molecular formula is C17H22N2. The summed E-state index contributed by atoms with van der Waals surface area (Å²) in [5.41, 5.74) is 3.17. The number of nitrogens with one attached hydrogen (secondary N) is 1. The van der Waals surface area contributed by atoms with Gasteiger partial charge < -0.3 is 5.32 Å². The molecule has 0 bridgehead atoms. The van der Waals surface area contributed by atoms with E-state index in [-0.39, 0.29) is 0 Å². The van der Waals surface area contributed by atoms with Crippen LogP contribution in [0.2, 0.25) is 0 Å². The quantitative estimate of drug-likeness (QED) is 0.902. The van der Waals surface area contributed by atoms with Crippen molar-refractivity contribution in [1.82, 2.24) is 10.3 Å².